The predicted molar refractivity (Wildman–Crippen MR) is 62.1 cm³/mol. The average molecular weight is 240 g/mol. The van der Waals surface area contributed by atoms with Crippen LogP contribution in [0.1, 0.15) is 19.8 Å². The number of nitrogens with one attached hydrogen (secondary N) is 3. The lowest BCUT2D eigenvalue weighted by atomic mass is 10.00. The monoisotopic (exact) mass is 240 g/mol. The molecule has 0 aliphatic carbocycles. The molecule has 0 amide bonds. The van der Waals surface area contributed by atoms with Crippen molar-refractivity contribution in [2.45, 2.75) is 25.9 Å². The van der Waals surface area contributed by atoms with E-state index in [1.54, 1.807) is 0 Å². The summed E-state index contributed by atoms with van der Waals surface area (Å²) in [4.78, 5) is 24.3. The lowest BCUT2D eigenvalue weighted by Crippen LogP contribution is -2.30. The van der Waals surface area contributed by atoms with Crippen LogP contribution in [0.3, 0.4) is 0 Å². The van der Waals surface area contributed by atoms with Crippen LogP contribution in [0, 0.1) is 5.92 Å². The molecule has 2 unspecified atom stereocenters. The summed E-state index contributed by atoms with van der Waals surface area (Å²) in [7, 11) is 0. The molecule has 1 aromatic rings. The summed E-state index contributed by atoms with van der Waals surface area (Å²) in [5, 5.41) is 8.78. The van der Waals surface area contributed by atoms with Crippen molar-refractivity contribution in [3.63, 3.8) is 0 Å². The Morgan fingerprint density at radius 1 is 1.53 bits per heavy atom. The summed E-state index contributed by atoms with van der Waals surface area (Å²) < 4.78 is 5.55. The van der Waals surface area contributed by atoms with Crippen LogP contribution < -0.4 is 16.6 Å². The van der Waals surface area contributed by atoms with Gasteiger partial charge in [-0.25, -0.2) is 9.89 Å². The molecule has 1 aromatic heterocycles. The van der Waals surface area contributed by atoms with Crippen LogP contribution >= 0.6 is 0 Å². The molecule has 94 valence electrons. The van der Waals surface area contributed by atoms with Crippen molar-refractivity contribution in [3.8, 4) is 0 Å². The summed E-state index contributed by atoms with van der Waals surface area (Å²) in [5.41, 5.74) is -1.10. The number of ether oxygens (including phenoxy) is 1. The van der Waals surface area contributed by atoms with Crippen molar-refractivity contribution >= 4 is 5.82 Å². The van der Waals surface area contributed by atoms with Crippen molar-refractivity contribution < 1.29 is 4.74 Å². The number of nitrogens with zero attached hydrogens (tertiary/aromatic N) is 1. The maximum atomic E-state index is 11.4. The first-order valence-electron chi connectivity index (χ1n) is 5.75. The van der Waals surface area contributed by atoms with Crippen molar-refractivity contribution in [3.05, 3.63) is 20.8 Å². The number of anilines is 1. The molecule has 0 radical (unpaired) electrons. The molecule has 0 saturated carbocycles. The number of aromatic nitrogens is 3. The van der Waals surface area contributed by atoms with Crippen LogP contribution in [0.2, 0.25) is 0 Å². The van der Waals surface area contributed by atoms with Gasteiger partial charge in [0.05, 0.1) is 6.10 Å². The van der Waals surface area contributed by atoms with Gasteiger partial charge in [0.2, 0.25) is 5.82 Å². The molecule has 2 heterocycles. The third kappa shape index (κ3) is 2.73. The average Bonchev–Trinajstić information content (AvgIpc) is 2.75. The van der Waals surface area contributed by atoms with E-state index in [2.05, 4.69) is 27.4 Å². The van der Waals surface area contributed by atoms with Crippen molar-refractivity contribution in [1.29, 1.82) is 0 Å². The Bertz CT molecular complexity index is 481. The van der Waals surface area contributed by atoms with Crippen LogP contribution in [-0.4, -0.2) is 34.4 Å². The predicted octanol–water partition coefficient (Wildman–Crippen LogP) is -0.315. The van der Waals surface area contributed by atoms with Crippen LogP contribution in [0.5, 0.6) is 0 Å². The summed E-state index contributed by atoms with van der Waals surface area (Å²) in [6, 6.07) is 0. The fraction of sp³-hybridized carbons (Fsp3) is 0.700. The molecular weight excluding hydrogens is 224 g/mol. The second-order valence-electron chi connectivity index (χ2n) is 4.10. The normalized spacial score (nSPS) is 23.8. The van der Waals surface area contributed by atoms with Gasteiger partial charge in [-0.3, -0.25) is 9.78 Å². The van der Waals surface area contributed by atoms with Gasteiger partial charge < -0.3 is 10.1 Å². The molecule has 1 fully saturated rings. The lowest BCUT2D eigenvalue weighted by molar-refractivity contribution is 0.0900. The zero-order valence-corrected chi connectivity index (χ0v) is 9.66. The van der Waals surface area contributed by atoms with E-state index >= 15 is 0 Å². The van der Waals surface area contributed by atoms with Gasteiger partial charge in [-0.1, -0.05) is 6.92 Å². The van der Waals surface area contributed by atoms with Crippen molar-refractivity contribution in [2.75, 3.05) is 18.5 Å². The molecule has 7 heteroatoms. The quantitative estimate of drug-likeness (QED) is 0.670. The fourth-order valence-electron chi connectivity index (χ4n) is 2.07. The molecule has 1 aliphatic heterocycles. The second kappa shape index (κ2) is 5.13. The Hall–Kier alpha value is -1.63. The highest BCUT2D eigenvalue weighted by Gasteiger charge is 2.26. The Kier molecular flexibility index (Phi) is 3.58. The maximum Gasteiger partial charge on any atom is 0.342 e. The highest BCUT2D eigenvalue weighted by molar-refractivity contribution is 5.28. The minimum absolute atomic E-state index is 0.145. The first kappa shape index (κ1) is 11.8. The van der Waals surface area contributed by atoms with Crippen molar-refractivity contribution in [2.24, 2.45) is 5.92 Å². The maximum absolute atomic E-state index is 11.4. The van der Waals surface area contributed by atoms with Crippen molar-refractivity contribution in [1.82, 2.24) is 15.2 Å². The number of hydrogen-bond acceptors (Lipinski definition) is 5. The van der Waals surface area contributed by atoms with Gasteiger partial charge in [-0.2, -0.15) is 0 Å². The van der Waals surface area contributed by atoms with E-state index in [0.29, 0.717) is 12.5 Å². The summed E-state index contributed by atoms with van der Waals surface area (Å²) in [6.45, 7) is 3.47. The molecule has 0 spiro atoms. The summed E-state index contributed by atoms with van der Waals surface area (Å²) >= 11 is 0. The number of aromatic amines is 2. The van der Waals surface area contributed by atoms with Gasteiger partial charge >= 0.3 is 5.69 Å². The minimum atomic E-state index is -0.601. The van der Waals surface area contributed by atoms with E-state index in [0.717, 1.165) is 19.4 Å². The summed E-state index contributed by atoms with van der Waals surface area (Å²) in [5.74, 6) is 0.527. The number of rotatable bonds is 4. The standard InChI is InChI=1S/C10H16N4O3/c1-2-7-6(3-4-17-7)5-11-8-9(15)12-10(16)14-13-8/h6-7H,2-5H2,1H3,(H,11,13)(H2,12,14,15,16). The van der Waals surface area contributed by atoms with E-state index in [1.807, 2.05) is 0 Å². The van der Waals surface area contributed by atoms with E-state index < -0.39 is 11.2 Å². The number of hydrogen-bond donors (Lipinski definition) is 3. The Labute approximate surface area is 97.6 Å². The third-order valence-corrected chi connectivity index (χ3v) is 2.99. The van der Waals surface area contributed by atoms with Crippen LogP contribution in [-0.2, 0) is 4.74 Å². The third-order valence-electron chi connectivity index (χ3n) is 2.99. The van der Waals surface area contributed by atoms with Gasteiger partial charge in [0.25, 0.3) is 5.56 Å². The minimum Gasteiger partial charge on any atom is -0.378 e. The van der Waals surface area contributed by atoms with Gasteiger partial charge in [0.15, 0.2) is 0 Å². The molecular formula is C10H16N4O3. The number of H-pyrrole nitrogens is 2. The van der Waals surface area contributed by atoms with Gasteiger partial charge in [0, 0.05) is 19.1 Å². The van der Waals surface area contributed by atoms with E-state index in [1.165, 1.54) is 0 Å². The molecule has 3 N–H and O–H groups in total. The Morgan fingerprint density at radius 3 is 3.06 bits per heavy atom. The SMILES string of the molecule is CCC1OCCC1CNc1n[nH]c(=O)[nH]c1=O. The first-order chi connectivity index (χ1) is 8.20. The van der Waals surface area contributed by atoms with Crippen LogP contribution in [0.4, 0.5) is 5.82 Å². The smallest absolute Gasteiger partial charge is 0.342 e. The van der Waals surface area contributed by atoms with Gasteiger partial charge in [-0.05, 0) is 12.8 Å². The van der Waals surface area contributed by atoms with E-state index in [4.69, 9.17) is 4.74 Å². The molecule has 2 atom stereocenters. The van der Waals surface area contributed by atoms with Gasteiger partial charge in [-0.15, -0.1) is 5.10 Å². The van der Waals surface area contributed by atoms with Gasteiger partial charge in [0.1, 0.15) is 0 Å². The molecule has 0 bridgehead atoms. The Balaban J connectivity index is 1.98. The van der Waals surface area contributed by atoms with E-state index in [-0.39, 0.29) is 11.9 Å². The molecule has 17 heavy (non-hydrogen) atoms. The lowest BCUT2D eigenvalue weighted by Gasteiger charge is -2.16. The zero-order chi connectivity index (χ0) is 12.3. The summed E-state index contributed by atoms with van der Waals surface area (Å²) in [6.07, 6.45) is 2.18. The molecule has 1 aliphatic rings. The highest BCUT2D eigenvalue weighted by Crippen LogP contribution is 2.23. The fourth-order valence-corrected chi connectivity index (χ4v) is 2.07. The Morgan fingerprint density at radius 2 is 2.35 bits per heavy atom. The van der Waals surface area contributed by atoms with E-state index in [9.17, 15) is 9.59 Å². The van der Waals surface area contributed by atoms with Crippen LogP contribution in [0.15, 0.2) is 9.59 Å². The highest BCUT2D eigenvalue weighted by atomic mass is 16.5. The largest absolute Gasteiger partial charge is 0.378 e. The second-order valence-corrected chi connectivity index (χ2v) is 4.10. The molecule has 1 saturated heterocycles. The zero-order valence-electron chi connectivity index (χ0n) is 9.66. The molecule has 0 aromatic carbocycles. The first-order valence-corrected chi connectivity index (χ1v) is 5.75. The van der Waals surface area contributed by atoms with Crippen LogP contribution in [0.25, 0.3) is 0 Å². The topological polar surface area (TPSA) is 99.9 Å². The molecule has 7 nitrogen and oxygen atoms in total. The molecule has 2 rings (SSSR count).